The van der Waals surface area contributed by atoms with Gasteiger partial charge in [-0.15, -0.1) is 0 Å². The van der Waals surface area contributed by atoms with Gasteiger partial charge < -0.3 is 23.3 Å². The molecular formula is C44H68N4O4Si2. The summed E-state index contributed by atoms with van der Waals surface area (Å²) in [5.41, 5.74) is 1.99. The van der Waals surface area contributed by atoms with Crippen LogP contribution in [0.2, 0.25) is 36.3 Å². The van der Waals surface area contributed by atoms with Crippen LogP contribution in [0.1, 0.15) is 106 Å². The summed E-state index contributed by atoms with van der Waals surface area (Å²) < 4.78 is 15.4. The molecule has 1 N–H and O–H groups in total. The number of hydrogen-bond acceptors (Lipinski definition) is 4. The SMILES string of the molecule is CC(C)(C)OC(=O)N=Cc1ccccc1.CC(C)(C)OC(=O)NC(c1ccccc1)c1cccn1[Si](C)(C)C(C)(C)C.CC(C)(C)[Si](C)(C)n1cccc1. The minimum atomic E-state index is -1.84. The molecule has 2 aromatic carbocycles. The first kappa shape index (κ1) is 46.0. The highest BCUT2D eigenvalue weighted by Gasteiger charge is 2.40. The smallest absolute Gasteiger partial charge is 0.434 e. The second-order valence-corrected chi connectivity index (χ2v) is 28.9. The van der Waals surface area contributed by atoms with Gasteiger partial charge in [-0.25, -0.2) is 9.59 Å². The van der Waals surface area contributed by atoms with Crippen LogP contribution in [0, 0.1) is 0 Å². The van der Waals surface area contributed by atoms with Crippen molar-refractivity contribution in [1.29, 1.82) is 0 Å². The Labute approximate surface area is 328 Å². The van der Waals surface area contributed by atoms with E-state index in [1.54, 1.807) is 0 Å². The normalized spacial score (nSPS) is 13.2. The largest absolute Gasteiger partial charge is 0.444 e. The van der Waals surface area contributed by atoms with Gasteiger partial charge >= 0.3 is 12.2 Å². The van der Waals surface area contributed by atoms with E-state index < -0.39 is 39.9 Å². The summed E-state index contributed by atoms with van der Waals surface area (Å²) in [6.45, 7) is 34.5. The van der Waals surface area contributed by atoms with Gasteiger partial charge in [0.05, 0.1) is 6.04 Å². The van der Waals surface area contributed by atoms with E-state index in [-0.39, 0.29) is 11.1 Å². The number of alkyl carbamates (subject to hydrolysis) is 1. The molecule has 1 unspecified atom stereocenters. The van der Waals surface area contributed by atoms with Crippen molar-refractivity contribution < 1.29 is 19.1 Å². The van der Waals surface area contributed by atoms with E-state index >= 15 is 0 Å². The molecule has 2 heterocycles. The molecular weight excluding hydrogens is 705 g/mol. The van der Waals surface area contributed by atoms with Gasteiger partial charge in [0.15, 0.2) is 16.5 Å². The van der Waals surface area contributed by atoms with Crippen molar-refractivity contribution in [2.75, 3.05) is 0 Å². The second-order valence-electron chi connectivity index (χ2n) is 18.7. The number of benzene rings is 2. The maximum Gasteiger partial charge on any atom is 0.434 e. The number of amides is 2. The predicted molar refractivity (Wildman–Crippen MR) is 232 cm³/mol. The number of carbonyl (C=O) groups is 2. The lowest BCUT2D eigenvalue weighted by Crippen LogP contribution is -2.47. The Morgan fingerprint density at radius 3 is 1.57 bits per heavy atom. The maximum atomic E-state index is 12.6. The summed E-state index contributed by atoms with van der Waals surface area (Å²) >= 11 is 0. The first-order chi connectivity index (χ1) is 24.7. The number of aromatic nitrogens is 2. The highest BCUT2D eigenvalue weighted by Crippen LogP contribution is 2.39. The summed E-state index contributed by atoms with van der Waals surface area (Å²) in [6.07, 6.45) is 7.06. The molecule has 1 atom stereocenters. The average Bonchev–Trinajstić information content (AvgIpc) is 3.76. The Morgan fingerprint density at radius 1 is 0.630 bits per heavy atom. The quantitative estimate of drug-likeness (QED) is 0.156. The molecule has 0 saturated carbocycles. The maximum absolute atomic E-state index is 12.6. The summed E-state index contributed by atoms with van der Waals surface area (Å²) in [5, 5.41) is 3.69. The van der Waals surface area contributed by atoms with E-state index in [1.807, 2.05) is 102 Å². The van der Waals surface area contributed by atoms with Crippen LogP contribution in [0.15, 0.2) is 109 Å². The number of ether oxygens (including phenoxy) is 2. The Hall–Kier alpha value is -4.16. The van der Waals surface area contributed by atoms with Gasteiger partial charge in [-0.05, 0) is 106 Å². The third-order valence-corrected chi connectivity index (χ3v) is 20.4. The van der Waals surface area contributed by atoms with Gasteiger partial charge in [0.25, 0.3) is 0 Å². The standard InChI is InChI=1S/C22H34N2O2Si.C12H15NO2.C10H19NSi/c1-21(2,3)26-20(25)23-19(17-13-10-9-11-14-17)18-15-12-16-24(18)27(7,8)22(4,5)6;1-12(2,3)15-11(14)13-9-10-7-5-4-6-8-10;1-10(2,3)12(4,5)11-8-6-7-9-11/h9-16,19H,1-8H3,(H,23,25);4-9H,1-3H3;6-9H,1-5H3. The van der Waals surface area contributed by atoms with Gasteiger partial charge in [-0.2, -0.15) is 4.99 Å². The fourth-order valence-electron chi connectivity index (χ4n) is 4.95. The van der Waals surface area contributed by atoms with Gasteiger partial charge in [0, 0.05) is 11.9 Å². The average molecular weight is 773 g/mol. The van der Waals surface area contributed by atoms with E-state index in [2.05, 4.69) is 129 Å². The molecule has 54 heavy (non-hydrogen) atoms. The Morgan fingerprint density at radius 2 is 1.11 bits per heavy atom. The Kier molecular flexibility index (Phi) is 15.7. The molecule has 8 nitrogen and oxygen atoms in total. The van der Waals surface area contributed by atoms with Crippen LogP contribution >= 0.6 is 0 Å². The number of rotatable bonds is 6. The number of aliphatic imine (C=N–C) groups is 1. The lowest BCUT2D eigenvalue weighted by atomic mass is 10.0. The minimum Gasteiger partial charge on any atom is -0.444 e. The molecule has 0 aliphatic heterocycles. The summed E-state index contributed by atoms with van der Waals surface area (Å²) in [4.78, 5) is 27.5. The summed E-state index contributed by atoms with van der Waals surface area (Å²) in [5.74, 6) is 0. The Bertz CT molecular complexity index is 1750. The molecule has 2 aromatic heterocycles. The van der Waals surface area contributed by atoms with Crippen molar-refractivity contribution in [3.8, 4) is 0 Å². The molecule has 0 bridgehead atoms. The van der Waals surface area contributed by atoms with Crippen LogP contribution in [0.3, 0.4) is 0 Å². The van der Waals surface area contributed by atoms with Crippen molar-refractivity contribution in [2.24, 2.45) is 4.99 Å². The van der Waals surface area contributed by atoms with E-state index in [9.17, 15) is 9.59 Å². The van der Waals surface area contributed by atoms with E-state index in [1.165, 1.54) is 6.21 Å². The van der Waals surface area contributed by atoms with Crippen LogP contribution in [-0.2, 0) is 9.47 Å². The number of nitrogens with one attached hydrogen (secondary N) is 1. The zero-order valence-electron chi connectivity index (χ0n) is 35.9. The fraction of sp³-hybridized carbons (Fsp3) is 0.477. The molecule has 0 spiro atoms. The van der Waals surface area contributed by atoms with Gasteiger partial charge in [0.2, 0.25) is 0 Å². The first-order valence-electron chi connectivity index (χ1n) is 18.8. The van der Waals surface area contributed by atoms with Gasteiger partial charge in [-0.1, -0.05) is 128 Å². The first-order valence-corrected chi connectivity index (χ1v) is 24.7. The van der Waals surface area contributed by atoms with E-state index in [4.69, 9.17) is 9.47 Å². The second kappa shape index (κ2) is 18.5. The molecule has 2 amide bonds. The molecule has 4 aromatic rings. The zero-order chi connectivity index (χ0) is 41.2. The monoisotopic (exact) mass is 772 g/mol. The van der Waals surface area contributed by atoms with Crippen LogP contribution in [0.4, 0.5) is 9.59 Å². The molecule has 0 radical (unpaired) electrons. The van der Waals surface area contributed by atoms with Crippen LogP contribution in [-0.4, -0.2) is 54.5 Å². The number of hydrogen-bond donors (Lipinski definition) is 1. The zero-order valence-corrected chi connectivity index (χ0v) is 37.9. The van der Waals surface area contributed by atoms with Crippen LogP contribution < -0.4 is 5.32 Å². The predicted octanol–water partition coefficient (Wildman–Crippen LogP) is 12.3. The topological polar surface area (TPSA) is 86.9 Å². The van der Waals surface area contributed by atoms with Crippen LogP contribution in [0.5, 0.6) is 0 Å². The summed E-state index contributed by atoms with van der Waals surface area (Å²) in [6, 6.07) is 27.6. The van der Waals surface area contributed by atoms with Crippen molar-refractivity contribution in [3.05, 3.63) is 120 Å². The van der Waals surface area contributed by atoms with E-state index in [0.717, 1.165) is 16.8 Å². The van der Waals surface area contributed by atoms with Crippen molar-refractivity contribution in [1.82, 2.24) is 13.8 Å². The molecule has 296 valence electrons. The minimum absolute atomic E-state index is 0.175. The molecule has 0 aliphatic carbocycles. The Balaban J connectivity index is 0.000000313. The van der Waals surface area contributed by atoms with Gasteiger partial charge in [-0.3, -0.25) is 0 Å². The number of nitrogens with zero attached hydrogens (tertiary/aromatic N) is 3. The molecule has 4 rings (SSSR count). The molecule has 0 saturated heterocycles. The fourth-order valence-corrected chi connectivity index (χ4v) is 8.67. The lowest BCUT2D eigenvalue weighted by molar-refractivity contribution is 0.0509. The van der Waals surface area contributed by atoms with Crippen molar-refractivity contribution in [2.45, 2.75) is 137 Å². The molecule has 0 aliphatic rings. The lowest BCUT2D eigenvalue weighted by Gasteiger charge is -2.40. The number of carbonyl (C=O) groups excluding carboxylic acids is 2. The van der Waals surface area contributed by atoms with Crippen molar-refractivity contribution in [3.63, 3.8) is 0 Å². The van der Waals surface area contributed by atoms with E-state index in [0.29, 0.717) is 5.04 Å². The summed E-state index contributed by atoms with van der Waals surface area (Å²) in [7, 11) is -3.15. The third kappa shape index (κ3) is 14.2. The molecule has 10 heteroatoms. The molecule has 0 fully saturated rings. The highest BCUT2D eigenvalue weighted by atomic mass is 28.3. The van der Waals surface area contributed by atoms with Crippen LogP contribution in [0.25, 0.3) is 0 Å². The highest BCUT2D eigenvalue weighted by molar-refractivity contribution is 6.79. The van der Waals surface area contributed by atoms with Gasteiger partial charge in [0.1, 0.15) is 11.2 Å². The third-order valence-electron chi connectivity index (χ3n) is 9.91. The van der Waals surface area contributed by atoms with Crippen molar-refractivity contribution >= 4 is 34.9 Å².